The Kier molecular flexibility index (Phi) is 5.01. The van der Waals surface area contributed by atoms with E-state index < -0.39 is 0 Å². The van der Waals surface area contributed by atoms with Gasteiger partial charge in [-0.2, -0.15) is 0 Å². The minimum Gasteiger partial charge on any atom is -0.465 e. The number of ether oxygens (including phenoxy) is 1. The molecule has 0 atom stereocenters. The van der Waals surface area contributed by atoms with Gasteiger partial charge in [-0.1, -0.05) is 36.9 Å². The van der Waals surface area contributed by atoms with Crippen LogP contribution in [0.5, 0.6) is 0 Å². The number of aromatic nitrogens is 1. The van der Waals surface area contributed by atoms with E-state index in [2.05, 4.69) is 32.0 Å². The van der Waals surface area contributed by atoms with Gasteiger partial charge in [-0.15, -0.1) is 0 Å². The first-order valence-corrected chi connectivity index (χ1v) is 7.82. The number of hydrogen-bond acceptors (Lipinski definition) is 4. The van der Waals surface area contributed by atoms with Crippen molar-refractivity contribution in [1.29, 1.82) is 0 Å². The lowest BCUT2D eigenvalue weighted by atomic mass is 10.1. The molecule has 0 fully saturated rings. The Morgan fingerprint density at radius 1 is 1.35 bits per heavy atom. The van der Waals surface area contributed by atoms with E-state index >= 15 is 0 Å². The molecule has 1 aromatic carbocycles. The van der Waals surface area contributed by atoms with Gasteiger partial charge in [0.1, 0.15) is 5.03 Å². The number of nitrogens with zero attached hydrogens (tertiary/aromatic N) is 1. The molecule has 0 saturated heterocycles. The number of fused-ring (bicyclic) bond motifs is 1. The molecule has 2 aromatic rings. The summed E-state index contributed by atoms with van der Waals surface area (Å²) in [6, 6.07) is 8.35. The van der Waals surface area contributed by atoms with Gasteiger partial charge in [0.25, 0.3) is 0 Å². The third kappa shape index (κ3) is 3.31. The highest BCUT2D eigenvalue weighted by molar-refractivity contribution is 7.99. The topological polar surface area (TPSA) is 39.2 Å². The van der Waals surface area contributed by atoms with Gasteiger partial charge in [-0.3, -0.25) is 4.79 Å². The lowest BCUT2D eigenvalue weighted by Crippen LogP contribution is -2.07. The van der Waals surface area contributed by atoms with Gasteiger partial charge < -0.3 is 4.74 Å². The molecule has 1 aromatic heterocycles. The van der Waals surface area contributed by atoms with E-state index in [-0.39, 0.29) is 5.97 Å². The largest absolute Gasteiger partial charge is 0.465 e. The van der Waals surface area contributed by atoms with Crippen LogP contribution in [0.25, 0.3) is 10.9 Å². The second-order valence-corrected chi connectivity index (χ2v) is 5.51. The molecule has 0 N–H and O–H groups in total. The predicted molar refractivity (Wildman–Crippen MR) is 83.2 cm³/mol. The van der Waals surface area contributed by atoms with Crippen LogP contribution in [0.2, 0.25) is 0 Å². The first kappa shape index (κ1) is 14.9. The number of thioether (sulfide) groups is 1. The average molecular weight is 289 g/mol. The van der Waals surface area contributed by atoms with Crippen molar-refractivity contribution in [2.24, 2.45) is 0 Å². The predicted octanol–water partition coefficient (Wildman–Crippen LogP) is 3.76. The van der Waals surface area contributed by atoms with Crippen LogP contribution in [0, 0.1) is 6.92 Å². The van der Waals surface area contributed by atoms with Crippen molar-refractivity contribution in [3.63, 3.8) is 0 Å². The summed E-state index contributed by atoms with van der Waals surface area (Å²) in [6.07, 6.45) is 0.905. The van der Waals surface area contributed by atoms with Crippen molar-refractivity contribution in [2.45, 2.75) is 32.2 Å². The first-order valence-electron chi connectivity index (χ1n) is 6.83. The van der Waals surface area contributed by atoms with Crippen LogP contribution in [0.15, 0.2) is 29.3 Å². The second-order valence-electron chi connectivity index (χ2n) is 4.55. The summed E-state index contributed by atoms with van der Waals surface area (Å²) in [6.45, 7) is 6.40. The Morgan fingerprint density at radius 2 is 2.15 bits per heavy atom. The van der Waals surface area contributed by atoms with E-state index in [1.165, 1.54) is 17.3 Å². The molecule has 2 rings (SSSR count). The number of aryl methyl sites for hydroxylation is 2. The van der Waals surface area contributed by atoms with Crippen molar-refractivity contribution in [2.75, 3.05) is 12.4 Å². The van der Waals surface area contributed by atoms with Crippen LogP contribution in [0.4, 0.5) is 0 Å². The number of para-hydroxylation sites is 1. The Morgan fingerprint density at radius 3 is 2.85 bits per heavy atom. The zero-order valence-corrected chi connectivity index (χ0v) is 12.9. The molecule has 4 heteroatoms. The number of carbonyl (C=O) groups is 1. The van der Waals surface area contributed by atoms with Crippen LogP contribution < -0.4 is 0 Å². The van der Waals surface area contributed by atoms with E-state index in [1.807, 2.05) is 13.0 Å². The SMILES string of the molecule is CCOC(=O)CSc1nc2c(C)cccc2cc1CC. The molecule has 20 heavy (non-hydrogen) atoms. The summed E-state index contributed by atoms with van der Waals surface area (Å²) in [7, 11) is 0. The normalized spacial score (nSPS) is 10.8. The minimum atomic E-state index is -0.189. The molecule has 0 saturated carbocycles. The van der Waals surface area contributed by atoms with E-state index in [1.54, 1.807) is 0 Å². The summed E-state index contributed by atoms with van der Waals surface area (Å²) >= 11 is 1.46. The van der Waals surface area contributed by atoms with Crippen molar-refractivity contribution in [3.05, 3.63) is 35.4 Å². The third-order valence-electron chi connectivity index (χ3n) is 3.10. The molecular formula is C16H19NO2S. The third-order valence-corrected chi connectivity index (χ3v) is 4.11. The molecule has 0 amide bonds. The summed E-state index contributed by atoms with van der Waals surface area (Å²) in [5.41, 5.74) is 3.34. The summed E-state index contributed by atoms with van der Waals surface area (Å²) in [5, 5.41) is 2.09. The maximum absolute atomic E-state index is 11.5. The molecular weight excluding hydrogens is 270 g/mol. The lowest BCUT2D eigenvalue weighted by molar-refractivity contribution is -0.139. The monoisotopic (exact) mass is 289 g/mol. The van der Waals surface area contributed by atoms with Crippen molar-refractivity contribution in [3.8, 4) is 0 Å². The summed E-state index contributed by atoms with van der Waals surface area (Å²) < 4.78 is 4.96. The van der Waals surface area contributed by atoms with Gasteiger partial charge in [0, 0.05) is 5.39 Å². The smallest absolute Gasteiger partial charge is 0.316 e. The Balaban J connectivity index is 2.31. The highest BCUT2D eigenvalue weighted by Gasteiger charge is 2.10. The van der Waals surface area contributed by atoms with Gasteiger partial charge in [0.05, 0.1) is 17.9 Å². The number of esters is 1. The molecule has 0 aliphatic carbocycles. The highest BCUT2D eigenvalue weighted by atomic mass is 32.2. The average Bonchev–Trinajstić information content (AvgIpc) is 2.45. The van der Waals surface area contributed by atoms with Gasteiger partial charge >= 0.3 is 5.97 Å². The maximum Gasteiger partial charge on any atom is 0.316 e. The van der Waals surface area contributed by atoms with Crippen molar-refractivity contribution >= 4 is 28.6 Å². The van der Waals surface area contributed by atoms with Crippen LogP contribution in [0.1, 0.15) is 25.0 Å². The molecule has 0 aliphatic rings. The standard InChI is InChI=1S/C16H19NO2S/c1-4-12-9-13-8-6-7-11(3)15(13)17-16(12)20-10-14(18)19-5-2/h6-9H,4-5,10H2,1-3H3. The van der Waals surface area contributed by atoms with E-state index in [0.29, 0.717) is 12.4 Å². The van der Waals surface area contributed by atoms with Gasteiger partial charge in [0.2, 0.25) is 0 Å². The molecule has 0 unspecified atom stereocenters. The molecule has 106 valence electrons. The lowest BCUT2D eigenvalue weighted by Gasteiger charge is -2.10. The fourth-order valence-corrected chi connectivity index (χ4v) is 2.96. The van der Waals surface area contributed by atoms with Crippen LogP contribution in [-0.2, 0) is 16.0 Å². The van der Waals surface area contributed by atoms with Gasteiger partial charge in [-0.05, 0) is 37.5 Å². The molecule has 0 aliphatic heterocycles. The Bertz CT molecular complexity index is 625. The zero-order chi connectivity index (χ0) is 14.5. The van der Waals surface area contributed by atoms with Crippen LogP contribution >= 0.6 is 11.8 Å². The second kappa shape index (κ2) is 6.75. The number of hydrogen-bond donors (Lipinski definition) is 0. The zero-order valence-electron chi connectivity index (χ0n) is 12.1. The van der Waals surface area contributed by atoms with Crippen LogP contribution in [0.3, 0.4) is 0 Å². The Hall–Kier alpha value is -1.55. The fourth-order valence-electron chi connectivity index (χ4n) is 2.08. The molecule has 0 radical (unpaired) electrons. The fraction of sp³-hybridized carbons (Fsp3) is 0.375. The minimum absolute atomic E-state index is 0.189. The number of benzene rings is 1. The molecule has 3 nitrogen and oxygen atoms in total. The van der Waals surface area contributed by atoms with E-state index in [9.17, 15) is 4.79 Å². The maximum atomic E-state index is 11.5. The summed E-state index contributed by atoms with van der Waals surface area (Å²) in [4.78, 5) is 16.2. The van der Waals surface area contributed by atoms with E-state index in [4.69, 9.17) is 9.72 Å². The highest BCUT2D eigenvalue weighted by Crippen LogP contribution is 2.27. The van der Waals surface area contributed by atoms with Crippen molar-refractivity contribution < 1.29 is 9.53 Å². The number of pyridine rings is 1. The number of rotatable bonds is 5. The molecule has 0 spiro atoms. The van der Waals surface area contributed by atoms with E-state index in [0.717, 1.165) is 27.9 Å². The summed E-state index contributed by atoms with van der Waals surface area (Å²) in [5.74, 6) is 0.122. The van der Waals surface area contributed by atoms with Gasteiger partial charge in [0.15, 0.2) is 0 Å². The van der Waals surface area contributed by atoms with Crippen LogP contribution in [-0.4, -0.2) is 23.3 Å². The quantitative estimate of drug-likeness (QED) is 0.620. The first-order chi connectivity index (χ1) is 9.65. The number of carbonyl (C=O) groups excluding carboxylic acids is 1. The molecule has 1 heterocycles. The molecule has 0 bridgehead atoms. The van der Waals surface area contributed by atoms with Crippen molar-refractivity contribution in [1.82, 2.24) is 4.98 Å². The Labute approximate surface area is 123 Å². The van der Waals surface area contributed by atoms with Gasteiger partial charge in [-0.25, -0.2) is 4.98 Å².